The van der Waals surface area contributed by atoms with E-state index < -0.39 is 88.1 Å². The number of ketones is 1. The molecule has 12 nitrogen and oxygen atoms in total. The molecule has 0 aromatic carbocycles. The van der Waals surface area contributed by atoms with Crippen LogP contribution >= 0.6 is 0 Å². The molecule has 230 valence electrons. The first-order chi connectivity index (χ1) is 18.3. The first-order valence-electron chi connectivity index (χ1n) is 13.7. The molecule has 4 aliphatic rings. The molecule has 0 spiro atoms. The van der Waals surface area contributed by atoms with Crippen LogP contribution in [0.5, 0.6) is 0 Å². The molecule has 1 heterocycles. The van der Waals surface area contributed by atoms with E-state index >= 15 is 0 Å². The average molecular weight is 1020 g/mol. The zero-order chi connectivity index (χ0) is 30.2. The minimum atomic E-state index is -2.05. The van der Waals surface area contributed by atoms with Crippen LogP contribution in [0.1, 0.15) is 67.7 Å². The normalized spacial score (nSPS) is 39.7. The smallest absolute Gasteiger partial charge is 0.337 e. The molecular weight excluding hydrogens is 980 g/mol. The molecule has 1 aliphatic heterocycles. The fraction of sp³-hybridized carbons (Fsp3) is 0.786. The van der Waals surface area contributed by atoms with Crippen LogP contribution in [-0.2, 0) is 33.4 Å². The zero-order valence-corrected chi connectivity index (χ0v) is 34.7. The maximum absolute atomic E-state index is 14.1. The number of aliphatic hydroxyl groups is 4. The van der Waals surface area contributed by atoms with Crippen LogP contribution < -0.4 is 5.32 Å². The first kappa shape index (κ1) is 38.7. The largest absolute Gasteiger partial charge is 0.459 e. The summed E-state index contributed by atoms with van der Waals surface area (Å²) in [6.45, 7) is 10.0. The number of ether oxygens (including phenoxy) is 3. The van der Waals surface area contributed by atoms with Gasteiger partial charge in [-0.3, -0.25) is 14.4 Å². The minimum Gasteiger partial charge on any atom is -0.459 e. The number of carbonyl (C=O) groups is 4. The molecule has 3 fully saturated rings. The Bertz CT molecular complexity index is 1160. The van der Waals surface area contributed by atoms with Gasteiger partial charge in [0, 0.05) is 125 Å². The summed E-state index contributed by atoms with van der Waals surface area (Å²) in [5, 5.41) is 49.0. The van der Waals surface area contributed by atoms with E-state index in [4.69, 9.17) is 14.2 Å². The second-order valence-corrected chi connectivity index (χ2v) is 12.7. The molecule has 1 amide bonds. The summed E-state index contributed by atoms with van der Waals surface area (Å²) in [5.74, 6) is -4.07. The van der Waals surface area contributed by atoms with Gasteiger partial charge in [0.05, 0.1) is 18.8 Å². The van der Waals surface area contributed by atoms with Crippen LogP contribution in [0.4, 0.5) is 0 Å². The SMILES string of the molecule is CC(=O)N[C@@H](C)[C@@H](O)C(=O)O[C@H]1C[C@@]2(O)C(OC(C)=O)[C@@H]3[C@]4(O)CO[C@@H]4CC[C@@]3(C)C(=O)[C@H](O)C(=C1C)C2(C)C.[Ac].[Ac]. The molecule has 1 saturated heterocycles. The first-order valence-corrected chi connectivity index (χ1v) is 13.7. The third kappa shape index (κ3) is 6.02. The van der Waals surface area contributed by atoms with Gasteiger partial charge in [-0.25, -0.2) is 4.79 Å². The summed E-state index contributed by atoms with van der Waals surface area (Å²) >= 11 is 0. The number of esters is 2. The number of nitrogens with one attached hydrogen (secondary N) is 1. The Hall–Kier alpha value is 0.503. The van der Waals surface area contributed by atoms with Crippen LogP contribution in [-0.4, -0.2) is 98.4 Å². The molecule has 42 heavy (non-hydrogen) atoms. The number of hydrogen-bond acceptors (Lipinski definition) is 11. The quantitative estimate of drug-likeness (QED) is 0.180. The van der Waals surface area contributed by atoms with Crippen molar-refractivity contribution in [3.63, 3.8) is 0 Å². The van der Waals surface area contributed by atoms with E-state index in [2.05, 4.69) is 5.32 Å². The number of hydrogen-bond donors (Lipinski definition) is 5. The predicted octanol–water partition coefficient (Wildman–Crippen LogP) is -0.317. The number of amides is 1. The van der Waals surface area contributed by atoms with Crippen molar-refractivity contribution < 1.29 is 142 Å². The van der Waals surface area contributed by atoms with Crippen LogP contribution in [0.15, 0.2) is 11.1 Å². The van der Waals surface area contributed by atoms with Crippen molar-refractivity contribution >= 4 is 23.6 Å². The Morgan fingerprint density at radius 3 is 2.19 bits per heavy atom. The number of carbonyl (C=O) groups excluding carboxylic acids is 4. The number of rotatable bonds is 5. The fourth-order valence-electron chi connectivity index (χ4n) is 7.63. The van der Waals surface area contributed by atoms with E-state index in [0.29, 0.717) is 12.0 Å². The molecule has 0 aromatic rings. The minimum absolute atomic E-state index is 0. The molecule has 2 bridgehead atoms. The maximum atomic E-state index is 14.1. The van der Waals surface area contributed by atoms with Gasteiger partial charge >= 0.3 is 11.9 Å². The van der Waals surface area contributed by atoms with E-state index in [1.165, 1.54) is 13.8 Å². The average Bonchev–Trinajstić information content (AvgIpc) is 2.83. The van der Waals surface area contributed by atoms with Crippen molar-refractivity contribution in [3.8, 4) is 0 Å². The summed E-state index contributed by atoms with van der Waals surface area (Å²) in [6, 6.07) is -0.986. The molecule has 2 saturated carbocycles. The molecule has 4 rings (SSSR count). The molecule has 14 heteroatoms. The van der Waals surface area contributed by atoms with Gasteiger partial charge in [-0.1, -0.05) is 20.8 Å². The summed E-state index contributed by atoms with van der Waals surface area (Å²) in [7, 11) is 0. The van der Waals surface area contributed by atoms with Gasteiger partial charge in [0.25, 0.3) is 0 Å². The molecule has 3 aliphatic carbocycles. The Morgan fingerprint density at radius 2 is 1.69 bits per heavy atom. The Kier molecular flexibility index (Phi) is 12.3. The van der Waals surface area contributed by atoms with Crippen molar-refractivity contribution in [1.82, 2.24) is 5.32 Å². The summed E-state index contributed by atoms with van der Waals surface area (Å²) in [5.41, 5.74) is -6.04. The molecule has 2 radical (unpaired) electrons. The molecule has 0 aromatic heterocycles. The zero-order valence-electron chi connectivity index (χ0n) is 25.2. The Balaban J connectivity index is 0.00000308. The molecule has 5 N–H and O–H groups in total. The molecule has 10 atom stereocenters. The van der Waals surface area contributed by atoms with Gasteiger partial charge in [-0.15, -0.1) is 0 Å². The molecule has 1 unspecified atom stereocenters. The van der Waals surface area contributed by atoms with Crippen LogP contribution in [0.2, 0.25) is 0 Å². The van der Waals surface area contributed by atoms with Crippen LogP contribution in [0, 0.1) is 105 Å². The topological polar surface area (TPSA) is 189 Å². The number of Topliss-reactive ketones (excluding diaryl/α,β-unsaturated/α-hetero) is 1. The van der Waals surface area contributed by atoms with E-state index in [1.54, 1.807) is 27.7 Å². The van der Waals surface area contributed by atoms with Gasteiger partial charge < -0.3 is 40.0 Å². The number of fused-ring (bicyclic) bond motifs is 5. The van der Waals surface area contributed by atoms with Gasteiger partial charge in [0.15, 0.2) is 11.9 Å². The van der Waals surface area contributed by atoms with Gasteiger partial charge in [-0.2, -0.15) is 0 Å². The second kappa shape index (κ2) is 13.3. The van der Waals surface area contributed by atoms with E-state index in [9.17, 15) is 39.6 Å². The van der Waals surface area contributed by atoms with Crippen LogP contribution in [0.25, 0.3) is 0 Å². The Labute approximate surface area is 317 Å². The maximum Gasteiger partial charge on any atom is 0.337 e. The van der Waals surface area contributed by atoms with Gasteiger partial charge in [0.1, 0.15) is 29.5 Å². The van der Waals surface area contributed by atoms with Crippen molar-refractivity contribution in [1.29, 1.82) is 0 Å². The summed E-state index contributed by atoms with van der Waals surface area (Å²) < 4.78 is 17.0. The summed E-state index contributed by atoms with van der Waals surface area (Å²) in [4.78, 5) is 51.0. The third-order valence-electron chi connectivity index (χ3n) is 9.94. The monoisotopic (exact) mass is 1020 g/mol. The second-order valence-electron chi connectivity index (χ2n) is 12.7. The van der Waals surface area contributed by atoms with Crippen molar-refractivity contribution in [2.75, 3.05) is 6.61 Å². The van der Waals surface area contributed by atoms with E-state index in [1.807, 2.05) is 0 Å². The fourth-order valence-corrected chi connectivity index (χ4v) is 7.63. The van der Waals surface area contributed by atoms with Crippen molar-refractivity contribution in [2.24, 2.45) is 16.7 Å². The summed E-state index contributed by atoms with van der Waals surface area (Å²) in [6.07, 6.45) is -6.59. The van der Waals surface area contributed by atoms with E-state index in [0.717, 1.165) is 6.92 Å². The van der Waals surface area contributed by atoms with Crippen molar-refractivity contribution in [3.05, 3.63) is 11.1 Å². The van der Waals surface area contributed by atoms with Gasteiger partial charge in [0.2, 0.25) is 5.91 Å². The van der Waals surface area contributed by atoms with Crippen molar-refractivity contribution in [2.45, 2.75) is 115 Å². The predicted molar refractivity (Wildman–Crippen MR) is 137 cm³/mol. The van der Waals surface area contributed by atoms with E-state index in [-0.39, 0.29) is 113 Å². The molecular formula is C28H41Ac2NO11. The number of aliphatic hydroxyl groups excluding tert-OH is 2. The standard InChI is InChI=1S/C28H41NO11.2Ac/c1-12-16(40-24(35)19(32)13(2)29-14(3)30)10-28(37)23(39-15(4)31)21-26(7,9-8-17-27(21,36)11-38-17)22(34)20(33)18(12)25(28,5)6;;/h13,16-17,19-21,23,32-33,36-37H,8-11H2,1-7H3,(H,29,30);;/t13-,16-,17+,19+,20+,21-,23?,26+,27-,28+;;/m0../s1. The third-order valence-corrected chi connectivity index (χ3v) is 9.94. The van der Waals surface area contributed by atoms with Gasteiger partial charge in [-0.05, 0) is 37.8 Å². The van der Waals surface area contributed by atoms with Crippen LogP contribution in [0.3, 0.4) is 0 Å². The Morgan fingerprint density at radius 1 is 1.10 bits per heavy atom.